The van der Waals surface area contributed by atoms with Gasteiger partial charge in [0.2, 0.25) is 0 Å². The summed E-state index contributed by atoms with van der Waals surface area (Å²) in [5.41, 5.74) is 1.15. The molecule has 1 aromatic carbocycles. The van der Waals surface area contributed by atoms with Gasteiger partial charge in [-0.1, -0.05) is 19.1 Å². The number of ether oxygens (including phenoxy) is 2. The summed E-state index contributed by atoms with van der Waals surface area (Å²) in [6.45, 7) is 3.66. The van der Waals surface area contributed by atoms with Gasteiger partial charge in [-0.3, -0.25) is 0 Å². The van der Waals surface area contributed by atoms with E-state index < -0.39 is 0 Å². The van der Waals surface area contributed by atoms with Crippen LogP contribution in [0.4, 0.5) is 0 Å². The third-order valence-electron chi connectivity index (χ3n) is 2.51. The predicted octanol–water partition coefficient (Wildman–Crippen LogP) is 2.21. The quantitative estimate of drug-likeness (QED) is 0.768. The maximum absolute atomic E-state index is 5.80. The second-order valence-electron chi connectivity index (χ2n) is 3.75. The molecule has 0 aromatic heterocycles. The van der Waals surface area contributed by atoms with E-state index in [4.69, 9.17) is 9.47 Å². The third kappa shape index (κ3) is 4.21. The Morgan fingerprint density at radius 2 is 2.19 bits per heavy atom. The number of hydrogen-bond donors (Lipinski definition) is 1. The van der Waals surface area contributed by atoms with Crippen molar-refractivity contribution in [1.82, 2.24) is 5.32 Å². The molecule has 0 heterocycles. The van der Waals surface area contributed by atoms with Crippen molar-refractivity contribution in [3.8, 4) is 5.75 Å². The van der Waals surface area contributed by atoms with Crippen molar-refractivity contribution >= 4 is 0 Å². The lowest BCUT2D eigenvalue weighted by Crippen LogP contribution is -2.25. The Morgan fingerprint density at radius 1 is 1.38 bits per heavy atom. The van der Waals surface area contributed by atoms with Crippen LogP contribution in [-0.2, 0) is 11.3 Å². The van der Waals surface area contributed by atoms with E-state index in [1.807, 2.05) is 25.2 Å². The molecule has 0 aliphatic heterocycles. The van der Waals surface area contributed by atoms with Gasteiger partial charge in [0.25, 0.3) is 0 Å². The zero-order valence-electron chi connectivity index (χ0n) is 10.3. The third-order valence-corrected chi connectivity index (χ3v) is 2.51. The van der Waals surface area contributed by atoms with Gasteiger partial charge in [-0.2, -0.15) is 0 Å². The second kappa shape index (κ2) is 7.25. The molecule has 1 N–H and O–H groups in total. The summed E-state index contributed by atoms with van der Waals surface area (Å²) in [6, 6.07) is 7.98. The number of hydrogen-bond acceptors (Lipinski definition) is 3. The fraction of sp³-hybridized carbons (Fsp3) is 0.538. The number of rotatable bonds is 7. The van der Waals surface area contributed by atoms with Gasteiger partial charge in [-0.05, 0) is 31.2 Å². The molecule has 1 unspecified atom stereocenters. The van der Waals surface area contributed by atoms with Gasteiger partial charge in [0.15, 0.2) is 0 Å². The molecule has 90 valence electrons. The van der Waals surface area contributed by atoms with Crippen molar-refractivity contribution in [3.05, 3.63) is 29.8 Å². The maximum atomic E-state index is 5.80. The molecule has 16 heavy (non-hydrogen) atoms. The van der Waals surface area contributed by atoms with Crippen LogP contribution >= 0.6 is 0 Å². The van der Waals surface area contributed by atoms with E-state index in [1.165, 1.54) is 0 Å². The zero-order chi connectivity index (χ0) is 11.8. The molecule has 0 spiro atoms. The van der Waals surface area contributed by atoms with E-state index in [-0.39, 0.29) is 6.10 Å². The Balaban J connectivity index is 2.46. The SMILES string of the molecule is CCC(CNC)OCc1cccc(OC)c1. The van der Waals surface area contributed by atoms with Crippen LogP contribution in [0.25, 0.3) is 0 Å². The van der Waals surface area contributed by atoms with Crippen molar-refractivity contribution in [1.29, 1.82) is 0 Å². The van der Waals surface area contributed by atoms with E-state index >= 15 is 0 Å². The lowest BCUT2D eigenvalue weighted by molar-refractivity contribution is 0.0396. The molecule has 0 saturated carbocycles. The molecule has 0 fully saturated rings. The van der Waals surface area contributed by atoms with Crippen LogP contribution in [0.5, 0.6) is 5.75 Å². The summed E-state index contributed by atoms with van der Waals surface area (Å²) in [7, 11) is 3.62. The van der Waals surface area contributed by atoms with Crippen molar-refractivity contribution in [3.63, 3.8) is 0 Å². The average molecular weight is 223 g/mol. The first-order valence-electron chi connectivity index (χ1n) is 5.69. The first-order valence-corrected chi connectivity index (χ1v) is 5.69. The van der Waals surface area contributed by atoms with Gasteiger partial charge in [-0.25, -0.2) is 0 Å². The van der Waals surface area contributed by atoms with E-state index in [2.05, 4.69) is 18.3 Å². The van der Waals surface area contributed by atoms with Crippen molar-refractivity contribution in [2.24, 2.45) is 0 Å². The molecule has 0 amide bonds. The number of likely N-dealkylation sites (N-methyl/N-ethyl adjacent to an activating group) is 1. The molecule has 3 nitrogen and oxygen atoms in total. The lowest BCUT2D eigenvalue weighted by Gasteiger charge is -2.15. The van der Waals surface area contributed by atoms with E-state index in [1.54, 1.807) is 7.11 Å². The van der Waals surface area contributed by atoms with Gasteiger partial charge in [0.1, 0.15) is 5.75 Å². The van der Waals surface area contributed by atoms with E-state index in [0.29, 0.717) is 6.61 Å². The minimum atomic E-state index is 0.274. The van der Waals surface area contributed by atoms with Crippen molar-refractivity contribution in [2.45, 2.75) is 26.1 Å². The summed E-state index contributed by atoms with van der Waals surface area (Å²) in [5.74, 6) is 0.878. The van der Waals surface area contributed by atoms with Gasteiger partial charge in [0, 0.05) is 6.54 Å². The molecule has 0 aliphatic rings. The summed E-state index contributed by atoms with van der Waals surface area (Å²) in [5, 5.41) is 3.13. The van der Waals surface area contributed by atoms with Crippen LogP contribution < -0.4 is 10.1 Å². The minimum absolute atomic E-state index is 0.274. The Morgan fingerprint density at radius 3 is 2.81 bits per heavy atom. The van der Waals surface area contributed by atoms with Crippen molar-refractivity contribution in [2.75, 3.05) is 20.7 Å². The lowest BCUT2D eigenvalue weighted by atomic mass is 10.2. The topological polar surface area (TPSA) is 30.5 Å². The van der Waals surface area contributed by atoms with Crippen LogP contribution in [-0.4, -0.2) is 26.8 Å². The van der Waals surface area contributed by atoms with Crippen LogP contribution in [0.15, 0.2) is 24.3 Å². The molecular formula is C13H21NO2. The highest BCUT2D eigenvalue weighted by molar-refractivity contribution is 5.27. The van der Waals surface area contributed by atoms with Gasteiger partial charge >= 0.3 is 0 Å². The summed E-state index contributed by atoms with van der Waals surface area (Å²) in [4.78, 5) is 0. The fourth-order valence-electron chi connectivity index (χ4n) is 1.53. The number of benzene rings is 1. The molecular weight excluding hydrogens is 202 g/mol. The summed E-state index contributed by atoms with van der Waals surface area (Å²) in [6.07, 6.45) is 1.29. The van der Waals surface area contributed by atoms with Crippen LogP contribution in [0.3, 0.4) is 0 Å². The first kappa shape index (κ1) is 13.0. The van der Waals surface area contributed by atoms with Crippen molar-refractivity contribution < 1.29 is 9.47 Å². The number of nitrogens with one attached hydrogen (secondary N) is 1. The molecule has 0 bridgehead atoms. The maximum Gasteiger partial charge on any atom is 0.119 e. The van der Waals surface area contributed by atoms with Gasteiger partial charge in [-0.15, -0.1) is 0 Å². The fourth-order valence-corrected chi connectivity index (χ4v) is 1.53. The molecule has 1 aromatic rings. The highest BCUT2D eigenvalue weighted by atomic mass is 16.5. The summed E-state index contributed by atoms with van der Waals surface area (Å²) < 4.78 is 11.0. The largest absolute Gasteiger partial charge is 0.497 e. The predicted molar refractivity (Wildman–Crippen MR) is 65.8 cm³/mol. The summed E-state index contributed by atoms with van der Waals surface area (Å²) >= 11 is 0. The zero-order valence-corrected chi connectivity index (χ0v) is 10.3. The van der Waals surface area contributed by atoms with E-state index in [9.17, 15) is 0 Å². The Labute approximate surface area is 97.8 Å². The average Bonchev–Trinajstić information content (AvgIpc) is 2.34. The van der Waals surface area contributed by atoms with Gasteiger partial charge < -0.3 is 14.8 Å². The normalized spacial score (nSPS) is 12.4. The highest BCUT2D eigenvalue weighted by Crippen LogP contribution is 2.14. The second-order valence-corrected chi connectivity index (χ2v) is 3.75. The molecule has 0 radical (unpaired) electrons. The van der Waals surface area contributed by atoms with E-state index in [0.717, 1.165) is 24.3 Å². The van der Waals surface area contributed by atoms with Crippen LogP contribution in [0, 0.1) is 0 Å². The highest BCUT2D eigenvalue weighted by Gasteiger charge is 2.05. The molecule has 0 aliphatic carbocycles. The molecule has 1 rings (SSSR count). The minimum Gasteiger partial charge on any atom is -0.497 e. The smallest absolute Gasteiger partial charge is 0.119 e. The standard InChI is InChI=1S/C13H21NO2/c1-4-12(9-14-2)16-10-11-6-5-7-13(8-11)15-3/h5-8,12,14H,4,9-10H2,1-3H3. The van der Waals surface area contributed by atoms with Crippen LogP contribution in [0.1, 0.15) is 18.9 Å². The number of methoxy groups -OCH3 is 1. The van der Waals surface area contributed by atoms with Gasteiger partial charge in [0.05, 0.1) is 19.8 Å². The Hall–Kier alpha value is -1.06. The molecule has 3 heteroatoms. The molecule has 1 atom stereocenters. The molecule has 0 saturated heterocycles. The first-order chi connectivity index (χ1) is 7.80. The monoisotopic (exact) mass is 223 g/mol. The Bertz CT molecular complexity index is 302. The Kier molecular flexibility index (Phi) is 5.90. The van der Waals surface area contributed by atoms with Crippen LogP contribution in [0.2, 0.25) is 0 Å².